The zero-order valence-corrected chi connectivity index (χ0v) is 16.5. The highest BCUT2D eigenvalue weighted by molar-refractivity contribution is 6.30. The van der Waals surface area contributed by atoms with Crippen LogP contribution >= 0.6 is 11.6 Å². The quantitative estimate of drug-likeness (QED) is 0.619. The van der Waals surface area contributed by atoms with E-state index < -0.39 is 0 Å². The van der Waals surface area contributed by atoms with Gasteiger partial charge in [0.05, 0.1) is 6.33 Å². The van der Waals surface area contributed by atoms with Crippen LogP contribution in [0.4, 0.5) is 17.5 Å². The highest BCUT2D eigenvalue weighted by Crippen LogP contribution is 2.27. The Bertz CT molecular complexity index is 1010. The molecule has 3 rings (SSSR count). The summed E-state index contributed by atoms with van der Waals surface area (Å²) >= 11 is 5.95. The van der Waals surface area contributed by atoms with Gasteiger partial charge >= 0.3 is 0 Å². The number of rotatable bonds is 5. The predicted molar refractivity (Wildman–Crippen MR) is 111 cm³/mol. The molecule has 0 bridgehead atoms. The lowest BCUT2D eigenvalue weighted by atomic mass is 10.3. The number of halogens is 1. The van der Waals surface area contributed by atoms with Crippen LogP contribution in [0.15, 0.2) is 47.4 Å². The molecule has 0 aliphatic carbocycles. The first-order valence-corrected chi connectivity index (χ1v) is 8.97. The van der Waals surface area contributed by atoms with Gasteiger partial charge in [-0.25, -0.2) is 9.98 Å². The Morgan fingerprint density at radius 2 is 1.93 bits per heavy atom. The molecule has 8 heteroatoms. The average Bonchev–Trinajstić information content (AvgIpc) is 3.00. The molecule has 0 fully saturated rings. The molecule has 0 amide bonds. The van der Waals surface area contributed by atoms with Gasteiger partial charge in [-0.1, -0.05) is 11.6 Å². The molecular formula is C19H22ClN7. The first-order chi connectivity index (χ1) is 12.8. The fourth-order valence-electron chi connectivity index (χ4n) is 2.60. The third-order valence-electron chi connectivity index (χ3n) is 3.78. The fraction of sp³-hybridized carbons (Fsp3) is 0.263. The van der Waals surface area contributed by atoms with Gasteiger partial charge in [-0.2, -0.15) is 9.97 Å². The molecule has 140 valence electrons. The minimum atomic E-state index is 0.206. The minimum Gasteiger partial charge on any atom is -0.402 e. The second-order valence-electron chi connectivity index (χ2n) is 6.56. The standard InChI is InChI=1S/C19H22ClN7/c1-11(2)27-10-22-16-17(23-13(4)9-12(3)21)25-19(26-18(16)27)24-15-7-5-14(20)6-8-15/h5-11H,21H2,1-4H3,(H,24,25,26). The van der Waals surface area contributed by atoms with E-state index in [1.54, 1.807) is 24.5 Å². The second kappa shape index (κ2) is 7.75. The van der Waals surface area contributed by atoms with E-state index in [9.17, 15) is 0 Å². The maximum atomic E-state index is 5.95. The fourth-order valence-corrected chi connectivity index (χ4v) is 2.73. The van der Waals surface area contributed by atoms with Gasteiger partial charge in [-0.05, 0) is 58.0 Å². The van der Waals surface area contributed by atoms with Crippen molar-refractivity contribution in [3.05, 3.63) is 47.4 Å². The summed E-state index contributed by atoms with van der Waals surface area (Å²) in [5.41, 5.74) is 9.37. The highest BCUT2D eigenvalue weighted by Gasteiger charge is 2.15. The summed E-state index contributed by atoms with van der Waals surface area (Å²) in [7, 11) is 0. The van der Waals surface area contributed by atoms with E-state index >= 15 is 0 Å². The van der Waals surface area contributed by atoms with E-state index in [1.807, 2.05) is 30.5 Å². The Hall–Kier alpha value is -2.93. The maximum Gasteiger partial charge on any atom is 0.231 e. The number of anilines is 2. The van der Waals surface area contributed by atoms with Gasteiger partial charge in [0, 0.05) is 28.2 Å². The lowest BCUT2D eigenvalue weighted by Crippen LogP contribution is -2.03. The van der Waals surface area contributed by atoms with Crippen molar-refractivity contribution in [1.29, 1.82) is 0 Å². The Labute approximate surface area is 163 Å². The van der Waals surface area contributed by atoms with Gasteiger partial charge in [0.15, 0.2) is 17.0 Å². The Morgan fingerprint density at radius 3 is 2.56 bits per heavy atom. The number of imidazole rings is 1. The van der Waals surface area contributed by atoms with Crippen LogP contribution in [-0.4, -0.2) is 25.2 Å². The van der Waals surface area contributed by atoms with E-state index in [4.69, 9.17) is 17.3 Å². The molecule has 3 aromatic rings. The molecule has 0 aliphatic rings. The van der Waals surface area contributed by atoms with Crippen molar-refractivity contribution in [1.82, 2.24) is 19.5 Å². The first-order valence-electron chi connectivity index (χ1n) is 8.59. The third kappa shape index (κ3) is 4.43. The van der Waals surface area contributed by atoms with Crippen LogP contribution in [0.5, 0.6) is 0 Å². The zero-order valence-electron chi connectivity index (χ0n) is 15.7. The Morgan fingerprint density at radius 1 is 1.22 bits per heavy atom. The summed E-state index contributed by atoms with van der Waals surface area (Å²) in [6.45, 7) is 7.83. The van der Waals surface area contributed by atoms with Crippen LogP contribution in [0.1, 0.15) is 33.7 Å². The predicted octanol–water partition coefficient (Wildman–Crippen LogP) is 4.76. The van der Waals surface area contributed by atoms with Crippen LogP contribution in [-0.2, 0) is 0 Å². The van der Waals surface area contributed by atoms with E-state index in [-0.39, 0.29) is 6.04 Å². The molecule has 2 heterocycles. The number of allylic oxidation sites excluding steroid dienone is 2. The first kappa shape index (κ1) is 18.8. The van der Waals surface area contributed by atoms with Crippen molar-refractivity contribution in [2.45, 2.75) is 33.7 Å². The molecule has 1 aromatic carbocycles. The van der Waals surface area contributed by atoms with E-state index in [2.05, 4.69) is 39.1 Å². The summed E-state index contributed by atoms with van der Waals surface area (Å²) in [5.74, 6) is 0.929. The van der Waals surface area contributed by atoms with Crippen molar-refractivity contribution >= 4 is 45.9 Å². The summed E-state index contributed by atoms with van der Waals surface area (Å²) in [4.78, 5) is 18.2. The normalized spacial score (nSPS) is 12.8. The average molecular weight is 384 g/mol. The van der Waals surface area contributed by atoms with Gasteiger partial charge in [-0.3, -0.25) is 0 Å². The molecular weight excluding hydrogens is 362 g/mol. The molecule has 3 N–H and O–H groups in total. The highest BCUT2D eigenvalue weighted by atomic mass is 35.5. The van der Waals surface area contributed by atoms with Crippen molar-refractivity contribution in [2.75, 3.05) is 5.32 Å². The van der Waals surface area contributed by atoms with Gasteiger partial charge in [0.2, 0.25) is 5.95 Å². The monoisotopic (exact) mass is 383 g/mol. The molecule has 0 spiro atoms. The SMILES string of the molecule is CC(N)=CC(C)=Nc1nc(Nc2ccc(Cl)cc2)nc2c1ncn2C(C)C. The molecule has 0 atom stereocenters. The number of nitrogens with one attached hydrogen (secondary N) is 1. The van der Waals surface area contributed by atoms with E-state index in [0.717, 1.165) is 17.0 Å². The van der Waals surface area contributed by atoms with Crippen molar-refractivity contribution in [3.63, 3.8) is 0 Å². The largest absolute Gasteiger partial charge is 0.402 e. The number of aliphatic imine (C=N–C) groups is 1. The molecule has 0 radical (unpaired) electrons. The van der Waals surface area contributed by atoms with Crippen LogP contribution < -0.4 is 11.1 Å². The molecule has 2 aromatic heterocycles. The summed E-state index contributed by atoms with van der Waals surface area (Å²) < 4.78 is 1.99. The molecule has 0 saturated carbocycles. The summed E-state index contributed by atoms with van der Waals surface area (Å²) in [6, 6.07) is 7.55. The topological polar surface area (TPSA) is 94.0 Å². The zero-order chi connectivity index (χ0) is 19.6. The van der Waals surface area contributed by atoms with Crippen molar-refractivity contribution < 1.29 is 0 Å². The van der Waals surface area contributed by atoms with Crippen molar-refractivity contribution in [3.8, 4) is 0 Å². The van der Waals surface area contributed by atoms with Crippen LogP contribution in [0.2, 0.25) is 5.02 Å². The second-order valence-corrected chi connectivity index (χ2v) is 7.00. The smallest absolute Gasteiger partial charge is 0.231 e. The number of nitrogens with two attached hydrogens (primary N) is 1. The van der Waals surface area contributed by atoms with Gasteiger partial charge < -0.3 is 15.6 Å². The number of hydrogen-bond acceptors (Lipinski definition) is 6. The minimum absolute atomic E-state index is 0.206. The molecule has 7 nitrogen and oxygen atoms in total. The summed E-state index contributed by atoms with van der Waals surface area (Å²) in [5, 5.41) is 3.87. The van der Waals surface area contributed by atoms with Gasteiger partial charge in [0.25, 0.3) is 0 Å². The number of aromatic nitrogens is 4. The number of benzene rings is 1. The van der Waals surface area contributed by atoms with Crippen LogP contribution in [0.3, 0.4) is 0 Å². The van der Waals surface area contributed by atoms with E-state index in [1.165, 1.54) is 0 Å². The Kier molecular flexibility index (Phi) is 5.41. The van der Waals surface area contributed by atoms with Crippen LogP contribution in [0, 0.1) is 0 Å². The van der Waals surface area contributed by atoms with Gasteiger partial charge in [-0.15, -0.1) is 0 Å². The van der Waals surface area contributed by atoms with Crippen molar-refractivity contribution in [2.24, 2.45) is 10.7 Å². The number of fused-ring (bicyclic) bond motifs is 1. The maximum absolute atomic E-state index is 5.95. The number of hydrogen-bond donors (Lipinski definition) is 2. The third-order valence-corrected chi connectivity index (χ3v) is 4.03. The van der Waals surface area contributed by atoms with Gasteiger partial charge in [0.1, 0.15) is 0 Å². The molecule has 0 aliphatic heterocycles. The lowest BCUT2D eigenvalue weighted by Gasteiger charge is -2.10. The molecule has 0 saturated heterocycles. The van der Waals surface area contributed by atoms with Crippen LogP contribution in [0.25, 0.3) is 11.2 Å². The van der Waals surface area contributed by atoms with E-state index in [0.29, 0.717) is 28.0 Å². The molecule has 27 heavy (non-hydrogen) atoms. The number of nitrogens with zero attached hydrogens (tertiary/aromatic N) is 5. The lowest BCUT2D eigenvalue weighted by molar-refractivity contribution is 0.613. The molecule has 0 unspecified atom stereocenters. The Balaban J connectivity index is 2.12. The summed E-state index contributed by atoms with van der Waals surface area (Å²) in [6.07, 6.45) is 3.55.